The average Bonchev–Trinajstić information content (AvgIpc) is 2.57. The summed E-state index contributed by atoms with van der Waals surface area (Å²) in [5.41, 5.74) is 4.07. The molecule has 4 aliphatic carbocycles. The normalized spacial score (nSPS) is 33.6. The van der Waals surface area contributed by atoms with Gasteiger partial charge < -0.3 is 15.8 Å². The molecule has 4 bridgehead atoms. The van der Waals surface area contributed by atoms with Crippen molar-refractivity contribution in [2.45, 2.75) is 69.3 Å². The molecule has 4 fully saturated rings. The lowest BCUT2D eigenvalue weighted by atomic mass is 9.51. The zero-order valence-corrected chi connectivity index (χ0v) is 17.2. The van der Waals surface area contributed by atoms with Gasteiger partial charge in [0.25, 0.3) is 5.91 Å². The maximum absolute atomic E-state index is 13.1. The number of benzene rings is 1. The minimum atomic E-state index is -4.60. The van der Waals surface area contributed by atoms with Crippen molar-refractivity contribution < 1.29 is 22.7 Å². The molecule has 1 amide bonds. The molecule has 160 valence electrons. The molecule has 1 aromatic carbocycles. The van der Waals surface area contributed by atoms with E-state index < -0.39 is 22.4 Å². The third-order valence-electron chi connectivity index (χ3n) is 6.80. The lowest BCUT2D eigenvalue weighted by Crippen LogP contribution is -2.66. The molecule has 3 N–H and O–H groups in total. The first-order valence-corrected chi connectivity index (χ1v) is 10.4. The summed E-state index contributed by atoms with van der Waals surface area (Å²) in [4.78, 5) is 13.0. The van der Waals surface area contributed by atoms with Crippen LogP contribution in [0, 0.1) is 17.8 Å². The Bertz CT molecular complexity index is 811. The second kappa shape index (κ2) is 6.77. The predicted octanol–water partition coefficient (Wildman–Crippen LogP) is 4.54. The standard InChI is InChI=1S/C21H26ClF3N2O2/c1-19(2,29-15-5-3-4-14(16(15)22)21(23,24)25)18(28)27-17-12-6-11-7-13(17)10-20(26,8-11)9-12/h3-5,11-13,17H,6-10,26H2,1-2H3,(H,27,28)/t11?,12-,13+,17?,20?. The average molecular weight is 431 g/mol. The molecular weight excluding hydrogens is 405 g/mol. The molecule has 0 spiro atoms. The zero-order valence-electron chi connectivity index (χ0n) is 16.5. The van der Waals surface area contributed by atoms with Crippen LogP contribution in [0.15, 0.2) is 18.2 Å². The number of carbonyl (C=O) groups excluding carboxylic acids is 1. The van der Waals surface area contributed by atoms with Gasteiger partial charge in [-0.3, -0.25) is 4.79 Å². The van der Waals surface area contributed by atoms with E-state index in [-0.39, 0.29) is 23.2 Å². The number of rotatable bonds is 4. The van der Waals surface area contributed by atoms with Crippen molar-refractivity contribution in [2.75, 3.05) is 0 Å². The first-order valence-electron chi connectivity index (χ1n) is 10.0. The van der Waals surface area contributed by atoms with Gasteiger partial charge in [0.15, 0.2) is 5.60 Å². The van der Waals surface area contributed by atoms with Crippen molar-refractivity contribution in [1.29, 1.82) is 0 Å². The summed E-state index contributed by atoms with van der Waals surface area (Å²) in [5, 5.41) is 2.58. The zero-order chi connectivity index (χ0) is 21.2. The molecule has 8 heteroatoms. The monoisotopic (exact) mass is 430 g/mol. The molecule has 0 aliphatic heterocycles. The van der Waals surface area contributed by atoms with Crippen molar-refractivity contribution in [1.82, 2.24) is 5.32 Å². The van der Waals surface area contributed by atoms with E-state index in [2.05, 4.69) is 5.32 Å². The topological polar surface area (TPSA) is 64.3 Å². The third kappa shape index (κ3) is 3.83. The van der Waals surface area contributed by atoms with Crippen LogP contribution >= 0.6 is 11.6 Å². The number of nitrogens with one attached hydrogen (secondary N) is 1. The van der Waals surface area contributed by atoms with Crippen molar-refractivity contribution in [3.63, 3.8) is 0 Å². The Hall–Kier alpha value is -1.47. The van der Waals surface area contributed by atoms with Gasteiger partial charge in [0.05, 0.1) is 10.6 Å². The third-order valence-corrected chi connectivity index (χ3v) is 7.19. The van der Waals surface area contributed by atoms with Gasteiger partial charge >= 0.3 is 6.18 Å². The Morgan fingerprint density at radius 2 is 1.83 bits per heavy atom. The van der Waals surface area contributed by atoms with E-state index in [4.69, 9.17) is 22.1 Å². The molecule has 0 saturated heterocycles. The number of halogens is 4. The van der Waals surface area contributed by atoms with Crippen LogP contribution in [0.2, 0.25) is 5.02 Å². The fourth-order valence-corrected chi connectivity index (χ4v) is 6.05. The molecule has 5 rings (SSSR count). The lowest BCUT2D eigenvalue weighted by Gasteiger charge is -2.59. The maximum Gasteiger partial charge on any atom is 0.417 e. The Morgan fingerprint density at radius 3 is 2.38 bits per heavy atom. The second-order valence-electron chi connectivity index (χ2n) is 9.56. The number of alkyl halides is 3. The summed E-state index contributed by atoms with van der Waals surface area (Å²) in [6.45, 7) is 3.08. The summed E-state index contributed by atoms with van der Waals surface area (Å²) in [6, 6.07) is 3.49. The Kier molecular flexibility index (Phi) is 4.85. The molecule has 4 aliphatic rings. The summed E-state index contributed by atoms with van der Waals surface area (Å²) in [6.07, 6.45) is 0.435. The van der Waals surface area contributed by atoms with Crippen LogP contribution in [0.3, 0.4) is 0 Å². The first-order chi connectivity index (χ1) is 13.4. The maximum atomic E-state index is 13.1. The van der Waals surface area contributed by atoms with E-state index in [0.717, 1.165) is 38.2 Å². The number of hydrogen-bond donors (Lipinski definition) is 2. The SMILES string of the molecule is CC(C)(Oc1cccc(C(F)(F)F)c1Cl)C(=O)NC1[C@@H]2CC3C[C@H]1CC(N)(C3)C2. The highest BCUT2D eigenvalue weighted by Crippen LogP contribution is 2.54. The highest BCUT2D eigenvalue weighted by molar-refractivity contribution is 6.32. The van der Waals surface area contributed by atoms with E-state index >= 15 is 0 Å². The van der Waals surface area contributed by atoms with Crippen LogP contribution < -0.4 is 15.8 Å². The highest BCUT2D eigenvalue weighted by atomic mass is 35.5. The van der Waals surface area contributed by atoms with Gasteiger partial charge in [-0.15, -0.1) is 0 Å². The number of carbonyl (C=O) groups is 1. The number of ether oxygens (including phenoxy) is 1. The van der Waals surface area contributed by atoms with Crippen LogP contribution in [-0.2, 0) is 11.0 Å². The predicted molar refractivity (Wildman–Crippen MR) is 104 cm³/mol. The van der Waals surface area contributed by atoms with Gasteiger partial charge in [0.1, 0.15) is 5.75 Å². The van der Waals surface area contributed by atoms with Gasteiger partial charge in [-0.05, 0) is 75.8 Å². The summed E-state index contributed by atoms with van der Waals surface area (Å²) >= 11 is 5.92. The van der Waals surface area contributed by atoms with E-state index in [0.29, 0.717) is 17.8 Å². The summed E-state index contributed by atoms with van der Waals surface area (Å²) in [5.74, 6) is 0.826. The van der Waals surface area contributed by atoms with Crippen LogP contribution in [0.25, 0.3) is 0 Å². The second-order valence-corrected chi connectivity index (χ2v) is 9.94. The Morgan fingerprint density at radius 1 is 1.21 bits per heavy atom. The van der Waals surface area contributed by atoms with Gasteiger partial charge in [-0.1, -0.05) is 17.7 Å². The number of amides is 1. The highest BCUT2D eigenvalue weighted by Gasteiger charge is 2.54. The molecule has 0 aromatic heterocycles. The fraction of sp³-hybridized carbons (Fsp3) is 0.667. The van der Waals surface area contributed by atoms with Crippen molar-refractivity contribution >= 4 is 17.5 Å². The molecule has 29 heavy (non-hydrogen) atoms. The molecule has 4 saturated carbocycles. The Balaban J connectivity index is 1.48. The number of nitrogens with two attached hydrogens (primary N) is 1. The van der Waals surface area contributed by atoms with E-state index in [1.54, 1.807) is 13.8 Å². The minimum Gasteiger partial charge on any atom is -0.476 e. The van der Waals surface area contributed by atoms with E-state index in [1.807, 2.05) is 0 Å². The molecule has 4 nitrogen and oxygen atoms in total. The lowest BCUT2D eigenvalue weighted by molar-refractivity contribution is -0.139. The van der Waals surface area contributed by atoms with E-state index in [1.165, 1.54) is 12.1 Å². The molecule has 3 unspecified atom stereocenters. The quantitative estimate of drug-likeness (QED) is 0.737. The van der Waals surface area contributed by atoms with Gasteiger partial charge in [0, 0.05) is 11.6 Å². The smallest absolute Gasteiger partial charge is 0.417 e. The van der Waals surface area contributed by atoms with Gasteiger partial charge in [-0.2, -0.15) is 13.2 Å². The van der Waals surface area contributed by atoms with Crippen molar-refractivity contribution in [3.8, 4) is 5.75 Å². The van der Waals surface area contributed by atoms with Gasteiger partial charge in [0.2, 0.25) is 0 Å². The van der Waals surface area contributed by atoms with Crippen molar-refractivity contribution in [2.24, 2.45) is 23.5 Å². The summed E-state index contributed by atoms with van der Waals surface area (Å²) < 4.78 is 45.0. The van der Waals surface area contributed by atoms with Crippen LogP contribution in [0.5, 0.6) is 5.75 Å². The molecular formula is C21H26ClF3N2O2. The first kappa shape index (κ1) is 20.8. The Labute approximate surface area is 173 Å². The fourth-order valence-electron chi connectivity index (χ4n) is 5.78. The van der Waals surface area contributed by atoms with Crippen LogP contribution in [0.1, 0.15) is 51.5 Å². The molecule has 0 radical (unpaired) electrons. The van der Waals surface area contributed by atoms with Crippen LogP contribution in [0.4, 0.5) is 13.2 Å². The van der Waals surface area contributed by atoms with Crippen molar-refractivity contribution in [3.05, 3.63) is 28.8 Å². The summed E-state index contributed by atoms with van der Waals surface area (Å²) in [7, 11) is 0. The minimum absolute atomic E-state index is 0.0376. The molecule has 0 heterocycles. The largest absolute Gasteiger partial charge is 0.476 e. The molecule has 5 atom stereocenters. The van der Waals surface area contributed by atoms with E-state index in [9.17, 15) is 18.0 Å². The van der Waals surface area contributed by atoms with Gasteiger partial charge in [-0.25, -0.2) is 0 Å². The van der Waals surface area contributed by atoms with Crippen LogP contribution in [-0.4, -0.2) is 23.1 Å². The number of hydrogen-bond acceptors (Lipinski definition) is 3. The molecule has 1 aromatic rings.